The van der Waals surface area contributed by atoms with Crippen molar-refractivity contribution in [3.05, 3.63) is 89.1 Å². The van der Waals surface area contributed by atoms with Crippen molar-refractivity contribution in [2.24, 2.45) is 5.92 Å². The van der Waals surface area contributed by atoms with Crippen LogP contribution in [-0.4, -0.2) is 54.2 Å². The first-order valence-corrected chi connectivity index (χ1v) is 16.0. The predicted octanol–water partition coefficient (Wildman–Crippen LogP) is 5.49. The van der Waals surface area contributed by atoms with Crippen LogP contribution in [0.25, 0.3) is 10.8 Å². The van der Waals surface area contributed by atoms with Crippen LogP contribution in [0.3, 0.4) is 0 Å². The van der Waals surface area contributed by atoms with Crippen LogP contribution in [0.15, 0.2) is 77.8 Å². The Morgan fingerprint density at radius 1 is 1.11 bits per heavy atom. The molecule has 0 saturated carbocycles. The number of aromatic nitrogens is 1. The number of carbonyl (C=O) groups excluding carboxylic acids is 1. The number of fused-ring (bicyclic) bond motifs is 1. The highest BCUT2D eigenvalue weighted by atomic mass is 35.5. The minimum atomic E-state index is -3.80. The van der Waals surface area contributed by atoms with Crippen LogP contribution in [0, 0.1) is 5.92 Å². The molecular weight excluding hydrogens is 604 g/mol. The molecule has 0 radical (unpaired) electrons. The molecule has 5 rings (SSSR count). The van der Waals surface area contributed by atoms with E-state index >= 15 is 0 Å². The number of hydrogen-bond donors (Lipinski definition) is 3. The van der Waals surface area contributed by atoms with Gasteiger partial charge in [0.25, 0.3) is 0 Å². The summed E-state index contributed by atoms with van der Waals surface area (Å²) in [5, 5.41) is 14.7. The molecule has 4 aromatic rings. The maximum Gasteiger partial charge on any atom is 0.309 e. The number of hydrogen-bond acceptors (Lipinski definition) is 8. The first-order chi connectivity index (χ1) is 20.9. The summed E-state index contributed by atoms with van der Waals surface area (Å²) in [6.07, 6.45) is 1.75. The Labute approximate surface area is 260 Å². The number of anilines is 2. The lowest BCUT2D eigenvalue weighted by molar-refractivity contribution is -0.143. The van der Waals surface area contributed by atoms with E-state index in [1.54, 1.807) is 74.6 Å². The van der Waals surface area contributed by atoms with Gasteiger partial charge in [-0.05, 0) is 79.2 Å². The molecule has 3 unspecified atom stereocenters. The van der Waals surface area contributed by atoms with Crippen molar-refractivity contribution in [2.75, 3.05) is 24.7 Å². The van der Waals surface area contributed by atoms with Crippen LogP contribution in [0.4, 0.5) is 11.5 Å². The first-order valence-electron chi connectivity index (χ1n) is 14.0. The normalized spacial score (nSPS) is 17.5. The fraction of sp³-hybridized carbons (Fsp3) is 0.281. The number of carboxylic acids is 1. The van der Waals surface area contributed by atoms with Crippen molar-refractivity contribution in [1.29, 1.82) is 0 Å². The van der Waals surface area contributed by atoms with Gasteiger partial charge in [-0.25, -0.2) is 13.4 Å². The second-order valence-electron chi connectivity index (χ2n) is 10.9. The number of ether oxygens (including phenoxy) is 1. The molecule has 1 amide bonds. The molecule has 2 heterocycles. The van der Waals surface area contributed by atoms with Crippen LogP contribution in [0.1, 0.15) is 43.5 Å². The highest BCUT2D eigenvalue weighted by Gasteiger charge is 2.46. The summed E-state index contributed by atoms with van der Waals surface area (Å²) in [5.41, 5.74) is 7.43. The SMILES string of the molecule is COc1cc(C(Nc2ccc3c(N)nccc3c2)C(=O)N2CCC(C(=O)O)C2c2ccccc2S(=O)(=O)C(C)C)ccc1Cl. The summed E-state index contributed by atoms with van der Waals surface area (Å²) in [5.74, 6) is -1.83. The topological polar surface area (TPSA) is 152 Å². The quantitative estimate of drug-likeness (QED) is 0.217. The van der Waals surface area contributed by atoms with E-state index in [-0.39, 0.29) is 23.4 Å². The molecular formula is C32H33ClN4O6S. The molecule has 10 nitrogen and oxygen atoms in total. The zero-order valence-corrected chi connectivity index (χ0v) is 26.0. The van der Waals surface area contributed by atoms with Gasteiger partial charge in [-0.15, -0.1) is 0 Å². The third-order valence-electron chi connectivity index (χ3n) is 8.02. The van der Waals surface area contributed by atoms with Crippen molar-refractivity contribution in [3.63, 3.8) is 0 Å². The predicted molar refractivity (Wildman–Crippen MR) is 169 cm³/mol. The van der Waals surface area contributed by atoms with E-state index in [0.29, 0.717) is 27.8 Å². The average molecular weight is 637 g/mol. The standard InChI is InChI=1S/C32H33ClN4O6S/c1-18(2)44(41,42)27-7-5-4-6-23(27)29-24(32(39)40)13-15-37(29)31(38)28(20-8-11-25(33)26(17-20)43-3)36-21-9-10-22-19(16-21)12-14-35-30(22)34/h4-12,14,16-18,24,28-29,36H,13,15H2,1-3H3,(H2,34,35)(H,39,40). The van der Waals surface area contributed by atoms with Crippen LogP contribution in [0.2, 0.25) is 5.02 Å². The third-order valence-corrected chi connectivity index (χ3v) is 10.6. The van der Waals surface area contributed by atoms with Gasteiger partial charge in [-0.3, -0.25) is 9.59 Å². The number of benzene rings is 3. The highest BCUT2D eigenvalue weighted by molar-refractivity contribution is 7.92. The van der Waals surface area contributed by atoms with E-state index < -0.39 is 45.0 Å². The lowest BCUT2D eigenvalue weighted by atomic mass is 9.93. The van der Waals surface area contributed by atoms with Crippen LogP contribution < -0.4 is 15.8 Å². The molecule has 230 valence electrons. The van der Waals surface area contributed by atoms with E-state index in [0.717, 1.165) is 10.8 Å². The number of likely N-dealkylation sites (tertiary alicyclic amines) is 1. The molecule has 4 N–H and O–H groups in total. The number of nitrogens with two attached hydrogens (primary N) is 1. The molecule has 0 spiro atoms. The molecule has 0 aliphatic carbocycles. The maximum absolute atomic E-state index is 14.6. The number of pyridine rings is 1. The van der Waals surface area contributed by atoms with Gasteiger partial charge in [-0.1, -0.05) is 35.9 Å². The summed E-state index contributed by atoms with van der Waals surface area (Å²) in [6, 6.07) is 16.5. The van der Waals surface area contributed by atoms with E-state index in [4.69, 9.17) is 22.1 Å². The molecule has 44 heavy (non-hydrogen) atoms. The summed E-state index contributed by atoms with van der Waals surface area (Å²) in [7, 11) is -2.33. The van der Waals surface area contributed by atoms with E-state index in [1.165, 1.54) is 18.1 Å². The number of rotatable bonds is 9. The lowest BCUT2D eigenvalue weighted by Crippen LogP contribution is -2.40. The Kier molecular flexibility index (Phi) is 8.71. The van der Waals surface area contributed by atoms with Gasteiger partial charge in [0.05, 0.1) is 34.2 Å². The Hall–Kier alpha value is -4.35. The van der Waals surface area contributed by atoms with Gasteiger partial charge in [0.2, 0.25) is 5.91 Å². The van der Waals surface area contributed by atoms with Crippen molar-refractivity contribution >= 4 is 55.6 Å². The zero-order chi connectivity index (χ0) is 31.8. The van der Waals surface area contributed by atoms with E-state index in [2.05, 4.69) is 10.3 Å². The van der Waals surface area contributed by atoms with Crippen molar-refractivity contribution in [1.82, 2.24) is 9.88 Å². The van der Waals surface area contributed by atoms with E-state index in [9.17, 15) is 23.1 Å². The minimum absolute atomic E-state index is 0.0179. The van der Waals surface area contributed by atoms with Gasteiger partial charge < -0.3 is 25.8 Å². The Bertz CT molecular complexity index is 1850. The first kappa shape index (κ1) is 31.1. The Morgan fingerprint density at radius 3 is 2.57 bits per heavy atom. The van der Waals surface area contributed by atoms with Gasteiger partial charge >= 0.3 is 5.97 Å². The van der Waals surface area contributed by atoms with Crippen molar-refractivity contribution in [2.45, 2.75) is 42.5 Å². The zero-order valence-electron chi connectivity index (χ0n) is 24.4. The summed E-state index contributed by atoms with van der Waals surface area (Å²) >= 11 is 6.31. The van der Waals surface area contributed by atoms with Crippen LogP contribution in [0.5, 0.6) is 5.75 Å². The number of sulfone groups is 1. The number of nitrogens with one attached hydrogen (secondary N) is 1. The molecule has 0 bridgehead atoms. The number of carboxylic acid groups (broad SMARTS) is 1. The average Bonchev–Trinajstić information content (AvgIpc) is 3.45. The molecule has 12 heteroatoms. The molecule has 1 saturated heterocycles. The fourth-order valence-corrected chi connectivity index (χ4v) is 7.18. The second-order valence-corrected chi connectivity index (χ2v) is 13.8. The fourth-order valence-electron chi connectivity index (χ4n) is 5.69. The number of nitrogens with zero attached hydrogens (tertiary/aromatic N) is 2. The summed E-state index contributed by atoms with van der Waals surface area (Å²) in [6.45, 7) is 3.25. The second kappa shape index (κ2) is 12.3. The minimum Gasteiger partial charge on any atom is -0.495 e. The number of amides is 1. The third kappa shape index (κ3) is 5.77. The van der Waals surface area contributed by atoms with E-state index in [1.807, 2.05) is 6.07 Å². The van der Waals surface area contributed by atoms with Gasteiger partial charge in [0.1, 0.15) is 17.6 Å². The number of halogens is 1. The van der Waals surface area contributed by atoms with Crippen LogP contribution >= 0.6 is 11.6 Å². The largest absolute Gasteiger partial charge is 0.495 e. The molecule has 1 aromatic heterocycles. The Balaban J connectivity index is 1.63. The summed E-state index contributed by atoms with van der Waals surface area (Å²) in [4.78, 5) is 32.7. The molecule has 3 atom stereocenters. The number of methoxy groups -OCH3 is 1. The smallest absolute Gasteiger partial charge is 0.309 e. The van der Waals surface area contributed by atoms with Crippen molar-refractivity contribution < 1.29 is 27.9 Å². The van der Waals surface area contributed by atoms with Crippen molar-refractivity contribution in [3.8, 4) is 5.75 Å². The lowest BCUT2D eigenvalue weighted by Gasteiger charge is -2.33. The Morgan fingerprint density at radius 2 is 1.86 bits per heavy atom. The molecule has 1 aliphatic heterocycles. The number of carbonyl (C=O) groups is 2. The molecule has 3 aromatic carbocycles. The van der Waals surface area contributed by atoms with Gasteiger partial charge in [-0.2, -0.15) is 0 Å². The van der Waals surface area contributed by atoms with Crippen LogP contribution in [-0.2, 0) is 19.4 Å². The monoisotopic (exact) mass is 636 g/mol. The highest BCUT2D eigenvalue weighted by Crippen LogP contribution is 2.43. The van der Waals surface area contributed by atoms with Gasteiger partial charge in [0.15, 0.2) is 9.84 Å². The molecule has 1 fully saturated rings. The summed E-state index contributed by atoms with van der Waals surface area (Å²) < 4.78 is 32.2. The molecule has 1 aliphatic rings. The number of aliphatic carboxylic acids is 1. The maximum atomic E-state index is 14.6. The van der Waals surface area contributed by atoms with Gasteiger partial charge in [0, 0.05) is 23.8 Å². The number of nitrogen functional groups attached to an aromatic ring is 1.